The van der Waals surface area contributed by atoms with Gasteiger partial charge < -0.3 is 9.16 Å². The SMILES string of the molecule is COc1ccc(C2=Cc3cc(C)ccc3[Si](c3ccccc3)(c3ccccc3)O2)cc1. The van der Waals surface area contributed by atoms with Crippen LogP contribution in [-0.4, -0.2) is 15.4 Å². The minimum Gasteiger partial charge on any atom is -0.530 e. The Labute approximate surface area is 184 Å². The van der Waals surface area contributed by atoms with Crippen molar-refractivity contribution in [3.05, 3.63) is 120 Å². The smallest absolute Gasteiger partial charge is 0.347 e. The van der Waals surface area contributed by atoms with E-state index in [1.807, 2.05) is 12.1 Å². The quantitative estimate of drug-likeness (QED) is 0.453. The van der Waals surface area contributed by atoms with Crippen LogP contribution < -0.4 is 20.3 Å². The maximum Gasteiger partial charge on any atom is 0.347 e. The van der Waals surface area contributed by atoms with Crippen molar-refractivity contribution in [1.29, 1.82) is 0 Å². The number of hydrogen-bond donors (Lipinski definition) is 0. The summed E-state index contributed by atoms with van der Waals surface area (Å²) in [6, 6.07) is 36.2. The molecule has 0 saturated carbocycles. The molecule has 0 aromatic heterocycles. The first-order valence-electron chi connectivity index (χ1n) is 10.5. The summed E-state index contributed by atoms with van der Waals surface area (Å²) in [5.74, 6) is 1.74. The predicted octanol–water partition coefficient (Wildman–Crippen LogP) is 4.50. The van der Waals surface area contributed by atoms with Gasteiger partial charge >= 0.3 is 8.32 Å². The summed E-state index contributed by atoms with van der Waals surface area (Å²) >= 11 is 0. The van der Waals surface area contributed by atoms with Gasteiger partial charge in [0.2, 0.25) is 0 Å². The van der Waals surface area contributed by atoms with E-state index in [9.17, 15) is 0 Å². The van der Waals surface area contributed by atoms with Crippen molar-refractivity contribution in [1.82, 2.24) is 0 Å². The molecule has 0 aliphatic carbocycles. The number of ether oxygens (including phenoxy) is 1. The van der Waals surface area contributed by atoms with Gasteiger partial charge in [-0.1, -0.05) is 84.4 Å². The van der Waals surface area contributed by atoms with Gasteiger partial charge in [-0.05, 0) is 58.4 Å². The molecule has 0 amide bonds. The topological polar surface area (TPSA) is 18.5 Å². The maximum absolute atomic E-state index is 7.13. The van der Waals surface area contributed by atoms with Gasteiger partial charge in [0, 0.05) is 5.56 Å². The highest BCUT2D eigenvalue weighted by Crippen LogP contribution is 2.30. The Morgan fingerprint density at radius 2 is 1.32 bits per heavy atom. The molecule has 31 heavy (non-hydrogen) atoms. The third-order valence-corrected chi connectivity index (χ3v) is 9.90. The number of rotatable bonds is 4. The molecule has 0 fully saturated rings. The van der Waals surface area contributed by atoms with Crippen LogP contribution in [0, 0.1) is 6.92 Å². The van der Waals surface area contributed by atoms with Gasteiger partial charge in [-0.2, -0.15) is 0 Å². The van der Waals surface area contributed by atoms with Gasteiger partial charge in [-0.15, -0.1) is 0 Å². The lowest BCUT2D eigenvalue weighted by atomic mass is 10.1. The highest BCUT2D eigenvalue weighted by atomic mass is 28.4. The van der Waals surface area contributed by atoms with Crippen LogP contribution in [0.5, 0.6) is 5.75 Å². The summed E-state index contributed by atoms with van der Waals surface area (Å²) in [5, 5.41) is 3.77. The lowest BCUT2D eigenvalue weighted by molar-refractivity contribution is 0.414. The standard InChI is InChI=1S/C28H24O2Si/c1-21-13-18-28-23(19-21)20-27(22-14-16-24(29-2)17-15-22)30-31(28,25-9-5-3-6-10-25)26-11-7-4-8-12-26/h3-20H,1-2H3. The number of hydrogen-bond acceptors (Lipinski definition) is 2. The fraction of sp³-hybridized carbons (Fsp3) is 0.0714. The van der Waals surface area contributed by atoms with Crippen molar-refractivity contribution < 1.29 is 9.16 Å². The van der Waals surface area contributed by atoms with E-state index in [0.29, 0.717) is 0 Å². The lowest BCUT2D eigenvalue weighted by Gasteiger charge is -2.38. The second kappa shape index (κ2) is 7.93. The molecule has 4 aromatic carbocycles. The number of aryl methyl sites for hydroxylation is 1. The van der Waals surface area contributed by atoms with E-state index in [-0.39, 0.29) is 0 Å². The van der Waals surface area contributed by atoms with Gasteiger partial charge in [0.15, 0.2) is 0 Å². The van der Waals surface area contributed by atoms with Gasteiger partial charge in [0.1, 0.15) is 11.5 Å². The molecule has 5 rings (SSSR count). The van der Waals surface area contributed by atoms with Crippen molar-refractivity contribution in [3.63, 3.8) is 0 Å². The molecule has 0 bridgehead atoms. The second-order valence-electron chi connectivity index (χ2n) is 7.84. The molecule has 1 heterocycles. The summed E-state index contributed by atoms with van der Waals surface area (Å²) in [7, 11) is -1.06. The molecule has 1 aliphatic heterocycles. The van der Waals surface area contributed by atoms with Crippen LogP contribution >= 0.6 is 0 Å². The van der Waals surface area contributed by atoms with Crippen molar-refractivity contribution in [2.24, 2.45) is 0 Å². The summed E-state index contributed by atoms with van der Waals surface area (Å²) in [6.45, 7) is 2.14. The van der Waals surface area contributed by atoms with E-state index in [1.165, 1.54) is 26.7 Å². The average Bonchev–Trinajstić information content (AvgIpc) is 2.84. The first kappa shape index (κ1) is 19.4. The minimum absolute atomic E-state index is 0.839. The van der Waals surface area contributed by atoms with Crippen LogP contribution in [0.1, 0.15) is 16.7 Å². The van der Waals surface area contributed by atoms with E-state index in [4.69, 9.17) is 9.16 Å². The zero-order valence-electron chi connectivity index (χ0n) is 17.7. The van der Waals surface area contributed by atoms with Crippen molar-refractivity contribution >= 4 is 35.7 Å². The highest BCUT2D eigenvalue weighted by molar-refractivity contribution is 7.08. The fourth-order valence-corrected chi connectivity index (χ4v) is 8.35. The molecule has 152 valence electrons. The Morgan fingerprint density at radius 3 is 1.90 bits per heavy atom. The molecule has 4 aromatic rings. The molecule has 1 aliphatic rings. The van der Waals surface area contributed by atoms with E-state index < -0.39 is 8.32 Å². The largest absolute Gasteiger partial charge is 0.530 e. The Kier molecular flexibility index (Phi) is 4.97. The number of benzene rings is 4. The van der Waals surface area contributed by atoms with Gasteiger partial charge in [0.05, 0.1) is 7.11 Å². The Balaban J connectivity index is 1.79. The van der Waals surface area contributed by atoms with Crippen LogP contribution in [0.3, 0.4) is 0 Å². The molecule has 0 N–H and O–H groups in total. The second-order valence-corrected chi connectivity index (χ2v) is 11.1. The Hall–Kier alpha value is -3.56. The van der Waals surface area contributed by atoms with Crippen molar-refractivity contribution in [2.75, 3.05) is 7.11 Å². The van der Waals surface area contributed by atoms with Crippen molar-refractivity contribution in [3.8, 4) is 5.75 Å². The van der Waals surface area contributed by atoms with Crippen LogP contribution in [0.25, 0.3) is 11.8 Å². The van der Waals surface area contributed by atoms with Crippen LogP contribution in [-0.2, 0) is 4.43 Å². The van der Waals surface area contributed by atoms with Crippen LogP contribution in [0.4, 0.5) is 0 Å². The summed E-state index contributed by atoms with van der Waals surface area (Å²) in [6.07, 6.45) is 2.18. The first-order valence-corrected chi connectivity index (χ1v) is 12.4. The average molecular weight is 421 g/mol. The lowest BCUT2D eigenvalue weighted by Crippen LogP contribution is -2.70. The zero-order valence-corrected chi connectivity index (χ0v) is 18.7. The third-order valence-electron chi connectivity index (χ3n) is 5.87. The third kappa shape index (κ3) is 3.37. The molecule has 3 heteroatoms. The number of methoxy groups -OCH3 is 1. The molecule has 0 atom stereocenters. The van der Waals surface area contributed by atoms with Crippen molar-refractivity contribution in [2.45, 2.75) is 6.92 Å². The van der Waals surface area contributed by atoms with Crippen LogP contribution in [0.2, 0.25) is 0 Å². The van der Waals surface area contributed by atoms with Gasteiger partial charge in [-0.3, -0.25) is 0 Å². The highest BCUT2D eigenvalue weighted by Gasteiger charge is 2.47. The summed E-state index contributed by atoms with van der Waals surface area (Å²) in [4.78, 5) is 0. The van der Waals surface area contributed by atoms with E-state index >= 15 is 0 Å². The van der Waals surface area contributed by atoms with E-state index in [0.717, 1.165) is 17.1 Å². The molecule has 0 spiro atoms. The normalized spacial score (nSPS) is 14.2. The van der Waals surface area contributed by atoms with E-state index in [1.54, 1.807) is 7.11 Å². The molecule has 2 nitrogen and oxygen atoms in total. The molecule has 0 saturated heterocycles. The monoisotopic (exact) mass is 420 g/mol. The maximum atomic E-state index is 7.13. The molecular formula is C28H24O2Si. The molecular weight excluding hydrogens is 396 g/mol. The molecule has 0 radical (unpaired) electrons. The fourth-order valence-electron chi connectivity index (χ4n) is 4.35. The Morgan fingerprint density at radius 1 is 0.710 bits per heavy atom. The van der Waals surface area contributed by atoms with E-state index in [2.05, 4.69) is 104 Å². The Bertz CT molecular complexity index is 1190. The first-order chi connectivity index (χ1) is 15.2. The number of fused-ring (bicyclic) bond motifs is 1. The zero-order chi connectivity index (χ0) is 21.3. The summed E-state index contributed by atoms with van der Waals surface area (Å²) in [5.41, 5.74) is 3.53. The van der Waals surface area contributed by atoms with Gasteiger partial charge in [-0.25, -0.2) is 0 Å². The predicted molar refractivity (Wildman–Crippen MR) is 131 cm³/mol. The van der Waals surface area contributed by atoms with Crippen LogP contribution in [0.15, 0.2) is 103 Å². The minimum atomic E-state index is -2.75. The molecule has 0 unspecified atom stereocenters. The summed E-state index contributed by atoms with van der Waals surface area (Å²) < 4.78 is 12.5. The van der Waals surface area contributed by atoms with Gasteiger partial charge in [0.25, 0.3) is 0 Å².